The van der Waals surface area contributed by atoms with Gasteiger partial charge in [-0.3, -0.25) is 0 Å². The SMILES string of the molecule is C=C(NCc1cc(C(F)(F)F)cc(C(F)(F)F)c1)C1(C)CCN(CC2CCOCC2)CC1. The summed E-state index contributed by atoms with van der Waals surface area (Å²) in [6.45, 7) is 10.4. The van der Waals surface area contributed by atoms with Gasteiger partial charge in [-0.1, -0.05) is 13.5 Å². The number of halogens is 6. The number of hydrogen-bond donors (Lipinski definition) is 1. The number of benzene rings is 1. The minimum absolute atomic E-state index is 0.0751. The first kappa shape index (κ1) is 24.9. The van der Waals surface area contributed by atoms with Crippen molar-refractivity contribution in [3.8, 4) is 0 Å². The van der Waals surface area contributed by atoms with E-state index in [0.717, 1.165) is 70.7 Å². The normalized spacial score (nSPS) is 20.8. The molecule has 0 atom stereocenters. The molecule has 1 aromatic rings. The third kappa shape index (κ3) is 6.41. The molecule has 0 aliphatic carbocycles. The van der Waals surface area contributed by atoms with Gasteiger partial charge in [0.25, 0.3) is 0 Å². The molecule has 2 saturated heterocycles. The second-order valence-electron chi connectivity index (χ2n) is 9.16. The number of rotatable bonds is 6. The lowest BCUT2D eigenvalue weighted by atomic mass is 9.77. The van der Waals surface area contributed by atoms with Gasteiger partial charge in [-0.25, -0.2) is 0 Å². The molecule has 2 aliphatic heterocycles. The number of nitrogens with zero attached hydrogens (tertiary/aromatic N) is 1. The van der Waals surface area contributed by atoms with Crippen molar-refractivity contribution in [3.05, 3.63) is 47.2 Å². The summed E-state index contributed by atoms with van der Waals surface area (Å²) in [5.74, 6) is 0.637. The summed E-state index contributed by atoms with van der Waals surface area (Å²) in [6.07, 6.45) is -5.90. The number of likely N-dealkylation sites (tertiary alicyclic amines) is 1. The summed E-state index contributed by atoms with van der Waals surface area (Å²) in [4.78, 5) is 2.42. The first-order valence-electron chi connectivity index (χ1n) is 10.9. The van der Waals surface area contributed by atoms with Crippen LogP contribution >= 0.6 is 0 Å². The Bertz CT molecular complexity index is 758. The average molecular weight is 464 g/mol. The van der Waals surface area contributed by atoms with Gasteiger partial charge in [0, 0.05) is 37.4 Å². The second-order valence-corrected chi connectivity index (χ2v) is 9.16. The van der Waals surface area contributed by atoms with E-state index in [-0.39, 0.29) is 23.6 Å². The Hall–Kier alpha value is -1.74. The monoisotopic (exact) mass is 464 g/mol. The van der Waals surface area contributed by atoms with Crippen molar-refractivity contribution in [2.24, 2.45) is 11.3 Å². The van der Waals surface area contributed by atoms with Gasteiger partial charge < -0.3 is 15.0 Å². The Morgan fingerprint density at radius 1 is 1.03 bits per heavy atom. The van der Waals surface area contributed by atoms with Crippen LogP contribution in [-0.4, -0.2) is 37.7 Å². The maximum Gasteiger partial charge on any atom is 0.416 e. The molecule has 0 unspecified atom stereocenters. The maximum absolute atomic E-state index is 13.1. The molecule has 0 amide bonds. The third-order valence-electron chi connectivity index (χ3n) is 6.70. The van der Waals surface area contributed by atoms with Crippen LogP contribution in [0.1, 0.15) is 49.3 Å². The fourth-order valence-corrected chi connectivity index (χ4v) is 4.37. The van der Waals surface area contributed by atoms with E-state index in [9.17, 15) is 26.3 Å². The topological polar surface area (TPSA) is 24.5 Å². The first-order chi connectivity index (χ1) is 14.9. The van der Waals surface area contributed by atoms with Crippen molar-refractivity contribution in [1.82, 2.24) is 10.2 Å². The molecule has 2 aliphatic rings. The van der Waals surface area contributed by atoms with Crippen LogP contribution in [0.5, 0.6) is 0 Å². The molecule has 2 heterocycles. The van der Waals surface area contributed by atoms with E-state index >= 15 is 0 Å². The van der Waals surface area contributed by atoms with E-state index in [1.165, 1.54) is 0 Å². The van der Waals surface area contributed by atoms with E-state index < -0.39 is 23.5 Å². The number of allylic oxidation sites excluding steroid dienone is 1. The van der Waals surface area contributed by atoms with Gasteiger partial charge in [0.2, 0.25) is 0 Å². The largest absolute Gasteiger partial charge is 0.416 e. The zero-order chi connectivity index (χ0) is 23.6. The van der Waals surface area contributed by atoms with Crippen molar-refractivity contribution >= 4 is 0 Å². The quantitative estimate of drug-likeness (QED) is 0.534. The number of piperidine rings is 1. The highest BCUT2D eigenvalue weighted by molar-refractivity contribution is 5.34. The van der Waals surface area contributed by atoms with Crippen molar-refractivity contribution in [1.29, 1.82) is 0 Å². The number of hydrogen-bond acceptors (Lipinski definition) is 3. The Morgan fingerprint density at radius 3 is 2.06 bits per heavy atom. The van der Waals surface area contributed by atoms with Gasteiger partial charge in [-0.2, -0.15) is 26.3 Å². The van der Waals surface area contributed by atoms with Crippen molar-refractivity contribution in [2.45, 2.75) is 51.5 Å². The van der Waals surface area contributed by atoms with Crippen LogP contribution in [-0.2, 0) is 23.6 Å². The van der Waals surface area contributed by atoms with Gasteiger partial charge in [-0.05, 0) is 68.5 Å². The van der Waals surface area contributed by atoms with Gasteiger partial charge in [0.1, 0.15) is 0 Å². The number of nitrogens with one attached hydrogen (secondary N) is 1. The van der Waals surface area contributed by atoms with Gasteiger partial charge in [0.15, 0.2) is 0 Å². The Labute approximate surface area is 184 Å². The van der Waals surface area contributed by atoms with Crippen LogP contribution in [0.25, 0.3) is 0 Å². The molecule has 3 nitrogen and oxygen atoms in total. The average Bonchev–Trinajstić information content (AvgIpc) is 2.73. The molecular weight excluding hydrogens is 434 g/mol. The molecule has 0 radical (unpaired) electrons. The molecule has 1 aromatic carbocycles. The molecule has 3 rings (SSSR count). The standard InChI is InChI=1S/C23H30F6N2O/c1-16(21(2)5-7-31(8-6-21)15-17-3-9-32-10-4-17)30-14-18-11-19(22(24,25)26)13-20(12-18)23(27,28)29/h11-13,17,30H,1,3-10,14-15H2,2H3. The zero-order valence-electron chi connectivity index (χ0n) is 18.2. The molecule has 0 aromatic heterocycles. The van der Waals surface area contributed by atoms with Crippen LogP contribution in [0.2, 0.25) is 0 Å². The Balaban J connectivity index is 1.59. The fraction of sp³-hybridized carbons (Fsp3) is 0.652. The highest BCUT2D eigenvalue weighted by Crippen LogP contribution is 2.38. The Morgan fingerprint density at radius 2 is 1.56 bits per heavy atom. The van der Waals surface area contributed by atoms with Gasteiger partial charge >= 0.3 is 12.4 Å². The maximum atomic E-state index is 13.1. The molecule has 1 N–H and O–H groups in total. The summed E-state index contributed by atoms with van der Waals surface area (Å²) in [6, 6.07) is 1.66. The molecule has 2 fully saturated rings. The van der Waals surface area contributed by atoms with Crippen LogP contribution in [0.4, 0.5) is 26.3 Å². The summed E-state index contributed by atoms with van der Waals surface area (Å²) >= 11 is 0. The van der Waals surface area contributed by atoms with Gasteiger partial charge in [0.05, 0.1) is 11.1 Å². The smallest absolute Gasteiger partial charge is 0.384 e. The van der Waals surface area contributed by atoms with Crippen LogP contribution in [0.15, 0.2) is 30.5 Å². The summed E-state index contributed by atoms with van der Waals surface area (Å²) in [5, 5.41) is 3.00. The highest BCUT2D eigenvalue weighted by Gasteiger charge is 2.37. The summed E-state index contributed by atoms with van der Waals surface area (Å²) < 4.78 is 83.9. The van der Waals surface area contributed by atoms with E-state index in [1.54, 1.807) is 0 Å². The second kappa shape index (κ2) is 9.63. The summed E-state index contributed by atoms with van der Waals surface area (Å²) in [7, 11) is 0. The predicted molar refractivity (Wildman–Crippen MR) is 110 cm³/mol. The highest BCUT2D eigenvalue weighted by atomic mass is 19.4. The molecule has 0 spiro atoms. The lowest BCUT2D eigenvalue weighted by Gasteiger charge is -2.42. The van der Waals surface area contributed by atoms with E-state index in [0.29, 0.717) is 11.6 Å². The summed E-state index contributed by atoms with van der Waals surface area (Å²) in [5.41, 5.74) is -2.30. The Kier molecular flexibility index (Phi) is 7.49. The fourth-order valence-electron chi connectivity index (χ4n) is 4.37. The van der Waals surface area contributed by atoms with Crippen LogP contribution < -0.4 is 5.32 Å². The van der Waals surface area contributed by atoms with Gasteiger partial charge in [-0.15, -0.1) is 0 Å². The lowest BCUT2D eigenvalue weighted by molar-refractivity contribution is -0.143. The van der Waals surface area contributed by atoms with E-state index in [2.05, 4.69) is 16.8 Å². The molecule has 32 heavy (non-hydrogen) atoms. The molecular formula is C23H30F6N2O. The zero-order valence-corrected chi connectivity index (χ0v) is 18.2. The van der Waals surface area contributed by atoms with E-state index in [4.69, 9.17) is 4.74 Å². The van der Waals surface area contributed by atoms with E-state index in [1.807, 2.05) is 6.92 Å². The van der Waals surface area contributed by atoms with Crippen molar-refractivity contribution in [2.75, 3.05) is 32.8 Å². The third-order valence-corrected chi connectivity index (χ3v) is 6.70. The van der Waals surface area contributed by atoms with Crippen LogP contribution in [0.3, 0.4) is 0 Å². The number of alkyl halides is 6. The van der Waals surface area contributed by atoms with Crippen molar-refractivity contribution < 1.29 is 31.1 Å². The number of ether oxygens (including phenoxy) is 1. The lowest BCUT2D eigenvalue weighted by Crippen LogP contribution is -2.44. The predicted octanol–water partition coefficient (Wildman–Crippen LogP) is 5.86. The van der Waals surface area contributed by atoms with Crippen LogP contribution in [0, 0.1) is 11.3 Å². The molecule has 9 heteroatoms. The minimum Gasteiger partial charge on any atom is -0.384 e. The molecule has 0 saturated carbocycles. The molecule has 0 bridgehead atoms. The molecule has 180 valence electrons. The van der Waals surface area contributed by atoms with Crippen molar-refractivity contribution in [3.63, 3.8) is 0 Å². The minimum atomic E-state index is -4.85. The first-order valence-corrected chi connectivity index (χ1v) is 10.9.